The van der Waals surface area contributed by atoms with Gasteiger partial charge in [0.05, 0.1) is 0 Å². The van der Waals surface area contributed by atoms with Crippen molar-refractivity contribution in [2.45, 2.75) is 19.3 Å². The van der Waals surface area contributed by atoms with Gasteiger partial charge in [0.25, 0.3) is 5.91 Å². The lowest BCUT2D eigenvalue weighted by molar-refractivity contribution is 0.0664. The molecule has 3 aromatic heterocycles. The van der Waals surface area contributed by atoms with Crippen LogP contribution >= 0.6 is 11.3 Å². The number of benzene rings is 1. The van der Waals surface area contributed by atoms with Crippen molar-refractivity contribution >= 4 is 28.2 Å². The van der Waals surface area contributed by atoms with E-state index in [1.54, 1.807) is 34.4 Å². The fraction of sp³-hybridized carbons (Fsp3) is 0.273. The van der Waals surface area contributed by atoms with E-state index in [9.17, 15) is 9.59 Å². The zero-order chi connectivity index (χ0) is 20.5. The van der Waals surface area contributed by atoms with Gasteiger partial charge in [-0.15, -0.1) is 0 Å². The molecular formula is C22H19N3O4S. The number of likely N-dealkylation sites (tertiary alicyclic amines) is 1. The van der Waals surface area contributed by atoms with E-state index in [4.69, 9.17) is 8.94 Å². The highest BCUT2D eigenvalue weighted by molar-refractivity contribution is 7.08. The summed E-state index contributed by atoms with van der Waals surface area (Å²) in [5, 5.41) is 8.74. The second kappa shape index (κ2) is 7.87. The Hall–Kier alpha value is -3.26. The van der Waals surface area contributed by atoms with E-state index in [0.717, 1.165) is 23.8 Å². The second-order valence-electron chi connectivity index (χ2n) is 7.47. The maximum absolute atomic E-state index is 13.0. The fourth-order valence-electron chi connectivity index (χ4n) is 3.89. The molecule has 0 spiro atoms. The van der Waals surface area contributed by atoms with E-state index in [-0.39, 0.29) is 17.4 Å². The summed E-state index contributed by atoms with van der Waals surface area (Å²) in [6, 6.07) is 10.8. The number of amides is 1. The maximum atomic E-state index is 13.0. The minimum atomic E-state index is -0.599. The van der Waals surface area contributed by atoms with Crippen LogP contribution in [0.5, 0.6) is 0 Å². The first-order chi connectivity index (χ1) is 14.7. The van der Waals surface area contributed by atoms with E-state index in [1.807, 2.05) is 29.0 Å². The number of rotatable bonds is 4. The highest BCUT2D eigenvalue weighted by Gasteiger charge is 2.28. The highest BCUT2D eigenvalue weighted by Crippen LogP contribution is 2.24. The molecule has 8 heteroatoms. The van der Waals surface area contributed by atoms with Crippen molar-refractivity contribution in [2.75, 3.05) is 13.1 Å². The van der Waals surface area contributed by atoms with Gasteiger partial charge >= 0.3 is 5.63 Å². The van der Waals surface area contributed by atoms with E-state index < -0.39 is 5.63 Å². The quantitative estimate of drug-likeness (QED) is 0.463. The number of hydrogen-bond acceptors (Lipinski definition) is 7. The molecule has 4 heterocycles. The first kappa shape index (κ1) is 18.7. The van der Waals surface area contributed by atoms with Crippen molar-refractivity contribution in [1.29, 1.82) is 0 Å². The van der Waals surface area contributed by atoms with Crippen LogP contribution in [0.2, 0.25) is 0 Å². The predicted octanol–water partition coefficient (Wildman–Crippen LogP) is 4.00. The summed E-state index contributed by atoms with van der Waals surface area (Å²) < 4.78 is 10.7. The van der Waals surface area contributed by atoms with Gasteiger partial charge in [0.15, 0.2) is 0 Å². The van der Waals surface area contributed by atoms with Gasteiger partial charge in [-0.25, -0.2) is 4.79 Å². The molecule has 1 unspecified atom stereocenters. The number of aromatic nitrogens is 2. The van der Waals surface area contributed by atoms with Crippen molar-refractivity contribution in [3.8, 4) is 11.4 Å². The second-order valence-corrected chi connectivity index (χ2v) is 8.25. The molecule has 0 radical (unpaired) electrons. The molecule has 0 N–H and O–H groups in total. The van der Waals surface area contributed by atoms with Crippen LogP contribution in [-0.2, 0) is 6.42 Å². The van der Waals surface area contributed by atoms with Crippen molar-refractivity contribution in [3.05, 3.63) is 69.0 Å². The van der Waals surface area contributed by atoms with E-state index in [1.165, 1.54) is 0 Å². The summed E-state index contributed by atoms with van der Waals surface area (Å²) in [4.78, 5) is 31.6. The number of para-hydroxylation sites is 1. The van der Waals surface area contributed by atoms with Gasteiger partial charge in [-0.1, -0.05) is 23.4 Å². The molecule has 1 aromatic carbocycles. The Morgan fingerprint density at radius 3 is 3.03 bits per heavy atom. The molecule has 1 atom stereocenters. The van der Waals surface area contributed by atoms with Crippen LogP contribution in [-0.4, -0.2) is 34.0 Å². The van der Waals surface area contributed by atoms with Crippen LogP contribution in [0.3, 0.4) is 0 Å². The van der Waals surface area contributed by atoms with E-state index in [2.05, 4.69) is 10.1 Å². The Labute approximate surface area is 175 Å². The van der Waals surface area contributed by atoms with Gasteiger partial charge in [0, 0.05) is 35.8 Å². The minimum absolute atomic E-state index is 0.0758. The molecule has 1 saturated heterocycles. The summed E-state index contributed by atoms with van der Waals surface area (Å²) in [5.74, 6) is 1.07. The summed E-state index contributed by atoms with van der Waals surface area (Å²) in [6.07, 6.45) is 2.43. The van der Waals surface area contributed by atoms with Gasteiger partial charge in [0.2, 0.25) is 11.7 Å². The smallest absolute Gasteiger partial charge is 0.349 e. The third-order valence-corrected chi connectivity index (χ3v) is 6.07. The molecule has 0 aliphatic carbocycles. The maximum Gasteiger partial charge on any atom is 0.349 e. The Bertz CT molecular complexity index is 1240. The third-order valence-electron chi connectivity index (χ3n) is 5.39. The molecule has 0 bridgehead atoms. The van der Waals surface area contributed by atoms with Gasteiger partial charge < -0.3 is 13.8 Å². The summed E-state index contributed by atoms with van der Waals surface area (Å²) in [7, 11) is 0. The predicted molar refractivity (Wildman–Crippen MR) is 112 cm³/mol. The van der Waals surface area contributed by atoms with Crippen molar-refractivity contribution in [2.24, 2.45) is 5.92 Å². The van der Waals surface area contributed by atoms with Gasteiger partial charge in [-0.3, -0.25) is 4.79 Å². The fourth-order valence-corrected chi connectivity index (χ4v) is 4.53. The number of carbonyl (C=O) groups excluding carboxylic acids is 1. The summed E-state index contributed by atoms with van der Waals surface area (Å²) in [5.41, 5.74) is 0.900. The molecule has 0 saturated carbocycles. The molecule has 1 fully saturated rings. The normalized spacial score (nSPS) is 16.8. The standard InChI is InChI=1S/C22H19N3O4S/c26-21(17-11-15-5-1-2-6-18(15)28-22(17)27)25-8-3-4-14(12-25)10-19-23-20(24-29-19)16-7-9-30-13-16/h1-2,5-7,9,11,13-14H,3-4,8,10,12H2. The van der Waals surface area contributed by atoms with Crippen LogP contribution < -0.4 is 5.63 Å². The molecule has 1 aliphatic heterocycles. The SMILES string of the molecule is O=C(c1cc2ccccc2oc1=O)N1CCCC(Cc2nc(-c3ccsc3)no2)C1. The number of hydrogen-bond donors (Lipinski definition) is 0. The molecule has 1 amide bonds. The van der Waals surface area contributed by atoms with Crippen LogP contribution in [0.1, 0.15) is 29.1 Å². The third kappa shape index (κ3) is 3.66. The van der Waals surface area contributed by atoms with E-state index in [0.29, 0.717) is 36.8 Å². The first-order valence-corrected chi connectivity index (χ1v) is 10.8. The lowest BCUT2D eigenvalue weighted by Gasteiger charge is -2.32. The number of piperidine rings is 1. The first-order valence-electron chi connectivity index (χ1n) is 9.85. The van der Waals surface area contributed by atoms with E-state index >= 15 is 0 Å². The lowest BCUT2D eigenvalue weighted by Crippen LogP contribution is -2.42. The topological polar surface area (TPSA) is 89.4 Å². The molecule has 152 valence electrons. The average molecular weight is 421 g/mol. The molecule has 7 nitrogen and oxygen atoms in total. The number of thiophene rings is 1. The van der Waals surface area contributed by atoms with Crippen LogP contribution in [0, 0.1) is 5.92 Å². The Morgan fingerprint density at radius 2 is 2.17 bits per heavy atom. The molecular weight excluding hydrogens is 402 g/mol. The molecule has 5 rings (SSSR count). The van der Waals surface area contributed by atoms with Crippen molar-refractivity contribution in [3.63, 3.8) is 0 Å². The monoisotopic (exact) mass is 421 g/mol. The molecule has 30 heavy (non-hydrogen) atoms. The Morgan fingerprint density at radius 1 is 1.27 bits per heavy atom. The van der Waals surface area contributed by atoms with Gasteiger partial charge in [0.1, 0.15) is 11.1 Å². The zero-order valence-corrected chi connectivity index (χ0v) is 16.9. The van der Waals surface area contributed by atoms with Gasteiger partial charge in [-0.05, 0) is 42.3 Å². The highest BCUT2D eigenvalue weighted by atomic mass is 32.1. The summed E-state index contributed by atoms with van der Waals surface area (Å²) >= 11 is 1.58. The van der Waals surface area contributed by atoms with Crippen molar-refractivity contribution < 1.29 is 13.7 Å². The number of fused-ring (bicyclic) bond motifs is 1. The summed E-state index contributed by atoms with van der Waals surface area (Å²) in [6.45, 7) is 1.16. The Balaban J connectivity index is 1.31. The Kier molecular flexibility index (Phi) is 4.92. The van der Waals surface area contributed by atoms with Crippen LogP contribution in [0.25, 0.3) is 22.4 Å². The van der Waals surface area contributed by atoms with Gasteiger partial charge in [-0.2, -0.15) is 16.3 Å². The average Bonchev–Trinajstić information content (AvgIpc) is 3.45. The lowest BCUT2D eigenvalue weighted by atomic mass is 9.94. The van der Waals surface area contributed by atoms with Crippen molar-refractivity contribution in [1.82, 2.24) is 15.0 Å². The minimum Gasteiger partial charge on any atom is -0.422 e. The zero-order valence-electron chi connectivity index (χ0n) is 16.1. The largest absolute Gasteiger partial charge is 0.422 e. The number of nitrogens with zero attached hydrogens (tertiary/aromatic N) is 3. The molecule has 1 aliphatic rings. The molecule has 4 aromatic rings. The van der Waals surface area contributed by atoms with Crippen LogP contribution in [0.4, 0.5) is 0 Å². The van der Waals surface area contributed by atoms with Crippen LogP contribution in [0.15, 0.2) is 60.9 Å². The number of carbonyl (C=O) groups is 1.